The van der Waals surface area contributed by atoms with Crippen LogP contribution in [0, 0.1) is 0 Å². The van der Waals surface area contributed by atoms with Crippen molar-refractivity contribution in [1.29, 1.82) is 0 Å². The van der Waals surface area contributed by atoms with E-state index in [9.17, 15) is 9.90 Å². The molecule has 0 radical (unpaired) electrons. The highest BCUT2D eigenvalue weighted by atomic mass is 79.9. The minimum atomic E-state index is -0.614. The minimum Gasteiger partial charge on any atom is -0.493 e. The molecule has 1 rings (SSSR count). The van der Waals surface area contributed by atoms with Crippen LogP contribution < -0.4 is 10.1 Å². The van der Waals surface area contributed by atoms with Crippen LogP contribution in [0.4, 0.5) is 0 Å². The van der Waals surface area contributed by atoms with Crippen molar-refractivity contribution in [2.24, 2.45) is 0 Å². The quantitative estimate of drug-likeness (QED) is 0.843. The number of rotatable bonds is 6. The van der Waals surface area contributed by atoms with Crippen molar-refractivity contribution in [3.05, 3.63) is 28.2 Å². The molecule has 1 atom stereocenters. The first-order valence-electron chi connectivity index (χ1n) is 6.30. The van der Waals surface area contributed by atoms with Crippen molar-refractivity contribution in [3.8, 4) is 5.75 Å². The Labute approximate surface area is 122 Å². The van der Waals surface area contributed by atoms with Crippen molar-refractivity contribution >= 4 is 21.8 Å². The maximum Gasteiger partial charge on any atom is 0.223 e. The van der Waals surface area contributed by atoms with Gasteiger partial charge in [-0.05, 0) is 39.0 Å². The van der Waals surface area contributed by atoms with Crippen molar-refractivity contribution in [3.63, 3.8) is 0 Å². The van der Waals surface area contributed by atoms with Gasteiger partial charge in [-0.15, -0.1) is 0 Å². The van der Waals surface area contributed by atoms with E-state index < -0.39 is 6.10 Å². The molecular formula is C14H20BrNO3. The van der Waals surface area contributed by atoms with Gasteiger partial charge in [0.25, 0.3) is 0 Å². The Hall–Kier alpha value is -1.07. The Morgan fingerprint density at radius 2 is 2.11 bits per heavy atom. The lowest BCUT2D eigenvalue weighted by Crippen LogP contribution is -2.31. The molecule has 1 amide bonds. The molecule has 0 unspecified atom stereocenters. The molecule has 2 N–H and O–H groups in total. The molecule has 0 aliphatic carbocycles. The van der Waals surface area contributed by atoms with Crippen LogP contribution >= 0.6 is 15.9 Å². The van der Waals surface area contributed by atoms with Gasteiger partial charge in [-0.25, -0.2) is 0 Å². The summed E-state index contributed by atoms with van der Waals surface area (Å²) in [6, 6.07) is 5.57. The number of amides is 1. The third-order valence-electron chi connectivity index (χ3n) is 2.46. The SMILES string of the molecule is CC(C)NC(=O)CCOc1ccc(Br)cc1[C@H](C)O. The monoisotopic (exact) mass is 329 g/mol. The number of aliphatic hydroxyl groups excluding tert-OH is 1. The second-order valence-corrected chi connectivity index (χ2v) is 5.59. The van der Waals surface area contributed by atoms with Gasteiger partial charge >= 0.3 is 0 Å². The standard InChI is InChI=1S/C14H20BrNO3/c1-9(2)16-14(18)6-7-19-13-5-4-11(15)8-12(13)10(3)17/h4-5,8-10,17H,6-7H2,1-3H3,(H,16,18)/t10-/m0/s1. The lowest BCUT2D eigenvalue weighted by molar-refractivity contribution is -0.122. The maximum absolute atomic E-state index is 11.5. The number of benzene rings is 1. The van der Waals surface area contributed by atoms with Crippen LogP contribution in [0.5, 0.6) is 5.75 Å². The lowest BCUT2D eigenvalue weighted by Gasteiger charge is -2.14. The molecule has 0 aliphatic rings. The second kappa shape index (κ2) is 7.50. The van der Waals surface area contributed by atoms with E-state index in [4.69, 9.17) is 4.74 Å². The van der Waals surface area contributed by atoms with Crippen molar-refractivity contribution in [2.45, 2.75) is 39.3 Å². The summed E-state index contributed by atoms with van der Waals surface area (Å²) in [7, 11) is 0. The van der Waals surface area contributed by atoms with E-state index in [1.807, 2.05) is 26.0 Å². The molecule has 106 valence electrons. The molecule has 1 aromatic rings. The number of hydrogen-bond acceptors (Lipinski definition) is 3. The second-order valence-electron chi connectivity index (χ2n) is 4.68. The van der Waals surface area contributed by atoms with Gasteiger partial charge in [-0.3, -0.25) is 4.79 Å². The fourth-order valence-corrected chi connectivity index (χ4v) is 2.00. The van der Waals surface area contributed by atoms with Gasteiger partial charge in [0.15, 0.2) is 0 Å². The molecule has 0 saturated carbocycles. The zero-order valence-corrected chi connectivity index (χ0v) is 13.0. The third-order valence-corrected chi connectivity index (χ3v) is 2.95. The van der Waals surface area contributed by atoms with Crippen LogP contribution in [-0.4, -0.2) is 23.7 Å². The number of ether oxygens (including phenoxy) is 1. The van der Waals surface area contributed by atoms with Gasteiger partial charge in [-0.1, -0.05) is 15.9 Å². The zero-order valence-electron chi connectivity index (χ0n) is 11.4. The molecule has 5 heteroatoms. The van der Waals surface area contributed by atoms with Crippen molar-refractivity contribution in [2.75, 3.05) is 6.61 Å². The summed E-state index contributed by atoms with van der Waals surface area (Å²) in [5.74, 6) is 0.571. The van der Waals surface area contributed by atoms with Crippen molar-refractivity contribution in [1.82, 2.24) is 5.32 Å². The van der Waals surface area contributed by atoms with E-state index in [2.05, 4.69) is 21.2 Å². The Kier molecular flexibility index (Phi) is 6.31. The molecule has 1 aromatic carbocycles. The molecule has 4 nitrogen and oxygen atoms in total. The van der Waals surface area contributed by atoms with E-state index in [1.54, 1.807) is 13.0 Å². The normalized spacial score (nSPS) is 12.3. The Balaban J connectivity index is 2.56. The molecule has 0 aliphatic heterocycles. The van der Waals surface area contributed by atoms with E-state index in [0.29, 0.717) is 24.3 Å². The predicted octanol–water partition coefficient (Wildman–Crippen LogP) is 2.80. The summed E-state index contributed by atoms with van der Waals surface area (Å²) in [6.07, 6.45) is -0.315. The highest BCUT2D eigenvalue weighted by Gasteiger charge is 2.10. The number of carbonyl (C=O) groups excluding carboxylic acids is 1. The number of nitrogens with one attached hydrogen (secondary N) is 1. The smallest absolute Gasteiger partial charge is 0.223 e. The molecule has 0 bridgehead atoms. The minimum absolute atomic E-state index is 0.0364. The van der Waals surface area contributed by atoms with Crippen LogP contribution in [0.2, 0.25) is 0 Å². The van der Waals surface area contributed by atoms with Crippen molar-refractivity contribution < 1.29 is 14.6 Å². The van der Waals surface area contributed by atoms with Gasteiger partial charge in [0, 0.05) is 16.1 Å². The van der Waals surface area contributed by atoms with E-state index in [0.717, 1.165) is 4.47 Å². The first-order valence-corrected chi connectivity index (χ1v) is 7.09. The van der Waals surface area contributed by atoms with Crippen LogP contribution in [0.15, 0.2) is 22.7 Å². The maximum atomic E-state index is 11.5. The topological polar surface area (TPSA) is 58.6 Å². The molecule has 0 saturated heterocycles. The number of aliphatic hydroxyl groups is 1. The average Bonchev–Trinajstić information content (AvgIpc) is 2.29. The summed E-state index contributed by atoms with van der Waals surface area (Å²) >= 11 is 3.35. The Bertz CT molecular complexity index is 433. The summed E-state index contributed by atoms with van der Waals surface area (Å²) in [5, 5.41) is 12.5. The fourth-order valence-electron chi connectivity index (χ4n) is 1.63. The lowest BCUT2D eigenvalue weighted by atomic mass is 10.1. The highest BCUT2D eigenvalue weighted by molar-refractivity contribution is 9.10. The van der Waals surface area contributed by atoms with E-state index in [-0.39, 0.29) is 11.9 Å². The number of hydrogen-bond donors (Lipinski definition) is 2. The first kappa shape index (κ1) is 16.0. The zero-order chi connectivity index (χ0) is 14.4. The van der Waals surface area contributed by atoms with E-state index >= 15 is 0 Å². The molecule has 0 heterocycles. The molecule has 0 fully saturated rings. The van der Waals surface area contributed by atoms with Gasteiger partial charge in [-0.2, -0.15) is 0 Å². The van der Waals surface area contributed by atoms with Gasteiger partial charge in [0.1, 0.15) is 5.75 Å². The van der Waals surface area contributed by atoms with Crippen LogP contribution in [0.25, 0.3) is 0 Å². The van der Waals surface area contributed by atoms with Gasteiger partial charge < -0.3 is 15.2 Å². The third kappa shape index (κ3) is 5.61. The molecular weight excluding hydrogens is 310 g/mol. The molecule has 0 aromatic heterocycles. The summed E-state index contributed by atoms with van der Waals surface area (Å²) in [5.41, 5.74) is 0.707. The molecule has 0 spiro atoms. The fraction of sp³-hybridized carbons (Fsp3) is 0.500. The van der Waals surface area contributed by atoms with Gasteiger partial charge in [0.05, 0.1) is 19.1 Å². The predicted molar refractivity (Wildman–Crippen MR) is 78.2 cm³/mol. The summed E-state index contributed by atoms with van der Waals surface area (Å²) in [4.78, 5) is 11.5. The first-order chi connectivity index (χ1) is 8.90. The van der Waals surface area contributed by atoms with E-state index in [1.165, 1.54) is 0 Å². The average molecular weight is 330 g/mol. The largest absolute Gasteiger partial charge is 0.493 e. The Morgan fingerprint density at radius 3 is 2.68 bits per heavy atom. The van der Waals surface area contributed by atoms with Crippen LogP contribution in [0.3, 0.4) is 0 Å². The molecule has 19 heavy (non-hydrogen) atoms. The summed E-state index contributed by atoms with van der Waals surface area (Å²) in [6.45, 7) is 5.80. The number of halogens is 1. The highest BCUT2D eigenvalue weighted by Crippen LogP contribution is 2.28. The van der Waals surface area contributed by atoms with Crippen LogP contribution in [-0.2, 0) is 4.79 Å². The number of carbonyl (C=O) groups is 1. The summed E-state index contributed by atoms with van der Waals surface area (Å²) < 4.78 is 6.45. The Morgan fingerprint density at radius 1 is 1.42 bits per heavy atom. The van der Waals surface area contributed by atoms with Crippen LogP contribution in [0.1, 0.15) is 38.9 Å². The van der Waals surface area contributed by atoms with Gasteiger partial charge in [0.2, 0.25) is 5.91 Å².